The van der Waals surface area contributed by atoms with Crippen LogP contribution in [0.25, 0.3) is 0 Å². The molecule has 2 aromatic carbocycles. The van der Waals surface area contributed by atoms with Crippen molar-refractivity contribution < 1.29 is 13.9 Å². The highest BCUT2D eigenvalue weighted by molar-refractivity contribution is 9.10. The molecule has 2 rings (SSSR count). The highest BCUT2D eigenvalue weighted by Crippen LogP contribution is 2.30. The third-order valence-electron chi connectivity index (χ3n) is 2.86. The monoisotopic (exact) mass is 371 g/mol. The van der Waals surface area contributed by atoms with Crippen molar-refractivity contribution in [3.8, 4) is 0 Å². The van der Waals surface area contributed by atoms with E-state index in [1.165, 1.54) is 25.3 Å². The van der Waals surface area contributed by atoms with Gasteiger partial charge in [0.25, 0.3) is 0 Å². The van der Waals surface area contributed by atoms with Crippen LogP contribution in [0.4, 0.5) is 10.1 Å². The first kappa shape index (κ1) is 15.8. The summed E-state index contributed by atoms with van der Waals surface area (Å²) in [5, 5.41) is 3.10. The number of ether oxygens (including phenoxy) is 1. The normalized spacial score (nSPS) is 11.8. The summed E-state index contributed by atoms with van der Waals surface area (Å²) in [4.78, 5) is 12.0. The first-order valence-corrected chi connectivity index (χ1v) is 7.24. The zero-order chi connectivity index (χ0) is 15.4. The molecule has 6 heteroatoms. The van der Waals surface area contributed by atoms with Crippen LogP contribution in [0, 0.1) is 5.82 Å². The number of esters is 1. The summed E-state index contributed by atoms with van der Waals surface area (Å²) in [6, 6.07) is 10.4. The third kappa shape index (κ3) is 3.74. The van der Waals surface area contributed by atoms with E-state index in [1.807, 2.05) is 6.07 Å². The molecule has 0 heterocycles. The molecule has 3 nitrogen and oxygen atoms in total. The van der Waals surface area contributed by atoms with Crippen LogP contribution < -0.4 is 5.32 Å². The number of anilines is 1. The van der Waals surface area contributed by atoms with Gasteiger partial charge in [0.1, 0.15) is 5.82 Å². The molecule has 0 fully saturated rings. The quantitative estimate of drug-likeness (QED) is 0.799. The molecule has 0 saturated carbocycles. The second kappa shape index (κ2) is 6.91. The number of benzene rings is 2. The average Bonchev–Trinajstić information content (AvgIpc) is 2.45. The van der Waals surface area contributed by atoms with E-state index < -0.39 is 17.8 Å². The molecule has 0 spiro atoms. The third-order valence-corrected chi connectivity index (χ3v) is 3.68. The molecule has 110 valence electrons. The Morgan fingerprint density at radius 1 is 1.33 bits per heavy atom. The molecule has 0 amide bonds. The number of nitrogens with one attached hydrogen (secondary N) is 1. The smallest absolute Gasteiger partial charge is 0.333 e. The number of hydrogen-bond donors (Lipinski definition) is 1. The maximum absolute atomic E-state index is 14.0. The zero-order valence-electron chi connectivity index (χ0n) is 11.1. The number of hydrogen-bond acceptors (Lipinski definition) is 3. The summed E-state index contributed by atoms with van der Waals surface area (Å²) >= 11 is 9.36. The Balaban J connectivity index is 2.42. The topological polar surface area (TPSA) is 38.3 Å². The maximum Gasteiger partial charge on any atom is 0.333 e. The molecule has 21 heavy (non-hydrogen) atoms. The van der Waals surface area contributed by atoms with Gasteiger partial charge in [-0.1, -0.05) is 39.7 Å². The number of carbonyl (C=O) groups excluding carboxylic acids is 1. The summed E-state index contributed by atoms with van der Waals surface area (Å²) in [6.45, 7) is 0. The summed E-state index contributed by atoms with van der Waals surface area (Å²) in [5.41, 5.74) is 0.699. The van der Waals surface area contributed by atoms with Crippen LogP contribution in [0.2, 0.25) is 5.02 Å². The van der Waals surface area contributed by atoms with Crippen molar-refractivity contribution in [2.45, 2.75) is 6.04 Å². The number of methoxy groups -OCH3 is 1. The fourth-order valence-electron chi connectivity index (χ4n) is 1.90. The van der Waals surface area contributed by atoms with E-state index in [-0.39, 0.29) is 10.6 Å². The van der Waals surface area contributed by atoms with E-state index in [1.54, 1.807) is 18.2 Å². The summed E-state index contributed by atoms with van der Waals surface area (Å²) in [7, 11) is 1.24. The van der Waals surface area contributed by atoms with Gasteiger partial charge in [0.15, 0.2) is 6.04 Å². The second-order valence-electron chi connectivity index (χ2n) is 4.25. The minimum atomic E-state index is -1.03. The fourth-order valence-corrected chi connectivity index (χ4v) is 2.57. The molecule has 1 atom stereocenters. The number of carbonyl (C=O) groups is 1. The SMILES string of the molecule is COC(=O)C(Nc1cccc(Br)c1)c1c(F)cccc1Cl. The van der Waals surface area contributed by atoms with Gasteiger partial charge in [-0.3, -0.25) is 0 Å². The van der Waals surface area contributed by atoms with Crippen molar-refractivity contribution in [2.75, 3.05) is 12.4 Å². The van der Waals surface area contributed by atoms with Crippen LogP contribution in [0.5, 0.6) is 0 Å². The van der Waals surface area contributed by atoms with Crippen LogP contribution in [0.3, 0.4) is 0 Å². The lowest BCUT2D eigenvalue weighted by Gasteiger charge is -2.19. The molecular weight excluding hydrogens is 361 g/mol. The molecule has 0 aliphatic carbocycles. The second-order valence-corrected chi connectivity index (χ2v) is 5.57. The first-order chi connectivity index (χ1) is 10.0. The van der Waals surface area contributed by atoms with Gasteiger partial charge >= 0.3 is 5.97 Å². The molecule has 0 saturated heterocycles. The van der Waals surface area contributed by atoms with E-state index in [0.29, 0.717) is 5.69 Å². The van der Waals surface area contributed by atoms with Gasteiger partial charge in [-0.05, 0) is 30.3 Å². The Kier molecular flexibility index (Phi) is 5.20. The van der Waals surface area contributed by atoms with Crippen molar-refractivity contribution in [3.63, 3.8) is 0 Å². The largest absolute Gasteiger partial charge is 0.467 e. The lowest BCUT2D eigenvalue weighted by Crippen LogP contribution is -2.23. The first-order valence-electron chi connectivity index (χ1n) is 6.06. The average molecular weight is 373 g/mol. The van der Waals surface area contributed by atoms with Crippen molar-refractivity contribution in [1.82, 2.24) is 0 Å². The summed E-state index contributed by atoms with van der Waals surface area (Å²) in [6.07, 6.45) is 0. The lowest BCUT2D eigenvalue weighted by molar-refractivity contribution is -0.141. The van der Waals surface area contributed by atoms with E-state index in [2.05, 4.69) is 21.2 Å². The van der Waals surface area contributed by atoms with E-state index in [0.717, 1.165) is 4.47 Å². The summed E-state index contributed by atoms with van der Waals surface area (Å²) < 4.78 is 19.6. The van der Waals surface area contributed by atoms with Gasteiger partial charge in [-0.2, -0.15) is 0 Å². The van der Waals surface area contributed by atoms with E-state index >= 15 is 0 Å². The Hall–Kier alpha value is -1.59. The van der Waals surface area contributed by atoms with Gasteiger partial charge in [0, 0.05) is 20.7 Å². The van der Waals surface area contributed by atoms with Crippen molar-refractivity contribution >= 4 is 39.2 Å². The molecule has 1 N–H and O–H groups in total. The zero-order valence-corrected chi connectivity index (χ0v) is 13.4. The van der Waals surface area contributed by atoms with Gasteiger partial charge in [-0.15, -0.1) is 0 Å². The summed E-state index contributed by atoms with van der Waals surface area (Å²) in [5.74, 6) is -1.19. The Morgan fingerprint density at radius 2 is 2.05 bits per heavy atom. The highest BCUT2D eigenvalue weighted by atomic mass is 79.9. The van der Waals surface area contributed by atoms with Crippen LogP contribution in [0.1, 0.15) is 11.6 Å². The molecule has 0 radical (unpaired) electrons. The van der Waals surface area contributed by atoms with Crippen LogP contribution >= 0.6 is 27.5 Å². The maximum atomic E-state index is 14.0. The minimum Gasteiger partial charge on any atom is -0.467 e. The van der Waals surface area contributed by atoms with Gasteiger partial charge in [0.05, 0.1) is 7.11 Å². The van der Waals surface area contributed by atoms with Crippen LogP contribution in [-0.2, 0) is 9.53 Å². The van der Waals surface area contributed by atoms with E-state index in [9.17, 15) is 9.18 Å². The molecule has 0 aliphatic rings. The number of rotatable bonds is 4. The fraction of sp³-hybridized carbons (Fsp3) is 0.133. The van der Waals surface area contributed by atoms with Gasteiger partial charge in [-0.25, -0.2) is 9.18 Å². The molecule has 0 bridgehead atoms. The van der Waals surface area contributed by atoms with E-state index in [4.69, 9.17) is 16.3 Å². The predicted octanol–water partition coefficient (Wildman–Crippen LogP) is 4.57. The molecule has 2 aromatic rings. The lowest BCUT2D eigenvalue weighted by atomic mass is 10.1. The van der Waals surface area contributed by atoms with Crippen molar-refractivity contribution in [1.29, 1.82) is 0 Å². The Morgan fingerprint density at radius 3 is 2.67 bits per heavy atom. The van der Waals surface area contributed by atoms with Crippen LogP contribution in [0.15, 0.2) is 46.9 Å². The molecule has 1 unspecified atom stereocenters. The van der Waals surface area contributed by atoms with Crippen molar-refractivity contribution in [3.05, 3.63) is 63.3 Å². The minimum absolute atomic E-state index is 0.0611. The number of halogens is 3. The van der Waals surface area contributed by atoms with Crippen LogP contribution in [-0.4, -0.2) is 13.1 Å². The Bertz CT molecular complexity index is 646. The molecule has 0 aliphatic heterocycles. The van der Waals surface area contributed by atoms with Gasteiger partial charge < -0.3 is 10.1 Å². The van der Waals surface area contributed by atoms with Gasteiger partial charge in [0.2, 0.25) is 0 Å². The standard InChI is InChI=1S/C15H12BrClFNO2/c1-21-15(20)14(13-11(17)6-3-7-12(13)18)19-10-5-2-4-9(16)8-10/h2-8,14,19H,1H3. The molecule has 0 aromatic heterocycles. The predicted molar refractivity (Wildman–Crippen MR) is 83.9 cm³/mol. The van der Waals surface area contributed by atoms with Crippen molar-refractivity contribution in [2.24, 2.45) is 0 Å². The Labute approximate surface area is 135 Å². The molecular formula is C15H12BrClFNO2. The highest BCUT2D eigenvalue weighted by Gasteiger charge is 2.27.